The third kappa shape index (κ3) is 6.40. The molecular formula is C24H25F2NO3S2. The van der Waals surface area contributed by atoms with Gasteiger partial charge in [-0.2, -0.15) is 17.0 Å². The van der Waals surface area contributed by atoms with Crippen LogP contribution in [0, 0.1) is 41.7 Å². The fraction of sp³-hybridized carbons (Fsp3) is 0.375. The molecular weight excluding hydrogens is 452 g/mol. The number of ether oxygens (including phenoxy) is 2. The summed E-state index contributed by atoms with van der Waals surface area (Å²) in [4.78, 5) is 0.749. The smallest absolute Gasteiger partial charge is 0.165 e. The predicted octanol–water partition coefficient (Wildman–Crippen LogP) is 5.97. The van der Waals surface area contributed by atoms with Gasteiger partial charge in [-0.15, -0.1) is 12.8 Å². The van der Waals surface area contributed by atoms with Crippen molar-refractivity contribution in [3.8, 4) is 24.7 Å². The summed E-state index contributed by atoms with van der Waals surface area (Å²) >= 11 is 2.45. The van der Waals surface area contributed by atoms with Gasteiger partial charge in [0.25, 0.3) is 0 Å². The van der Waals surface area contributed by atoms with Crippen molar-refractivity contribution in [2.75, 3.05) is 25.2 Å². The van der Waals surface area contributed by atoms with Crippen molar-refractivity contribution in [2.24, 2.45) is 5.92 Å². The van der Waals surface area contributed by atoms with Crippen LogP contribution in [0.5, 0.6) is 5.75 Å². The fourth-order valence-corrected chi connectivity index (χ4v) is 4.59. The lowest BCUT2D eigenvalue weighted by molar-refractivity contribution is -0.0612. The molecule has 1 fully saturated rings. The molecule has 3 atom stereocenters. The first kappa shape index (κ1) is 26.0. The number of hydrogen-bond acceptors (Lipinski definition) is 6. The van der Waals surface area contributed by atoms with Crippen molar-refractivity contribution >= 4 is 23.8 Å². The van der Waals surface area contributed by atoms with Gasteiger partial charge in [-0.05, 0) is 61.2 Å². The number of halogens is 2. The highest BCUT2D eigenvalue weighted by Crippen LogP contribution is 2.46. The van der Waals surface area contributed by atoms with Crippen LogP contribution in [0.1, 0.15) is 29.9 Å². The van der Waals surface area contributed by atoms with Crippen LogP contribution in [0.3, 0.4) is 0 Å². The third-order valence-electron chi connectivity index (χ3n) is 5.34. The quantitative estimate of drug-likeness (QED) is 0.432. The van der Waals surface area contributed by atoms with Crippen LogP contribution in [-0.2, 0) is 4.74 Å². The molecule has 32 heavy (non-hydrogen) atoms. The Morgan fingerprint density at radius 3 is 2.47 bits per heavy atom. The van der Waals surface area contributed by atoms with Crippen LogP contribution in [-0.4, -0.2) is 35.9 Å². The Bertz CT molecular complexity index is 931. The maximum absolute atomic E-state index is 14.1. The number of thioether (sulfide) groups is 1. The molecule has 2 aromatic rings. The molecule has 1 saturated heterocycles. The zero-order chi connectivity index (χ0) is 23.5. The van der Waals surface area contributed by atoms with E-state index in [1.807, 2.05) is 6.07 Å². The SMILES string of the molecule is C#C.CSCC[C@@H]1OCCC2c3c(F)ccc(F)c3OCC21.N#Cc1ccc(SO)cc1. The number of hydrogen-bond donors (Lipinski definition) is 1. The third-order valence-corrected chi connectivity index (χ3v) is 6.46. The van der Waals surface area contributed by atoms with E-state index in [0.29, 0.717) is 36.4 Å². The van der Waals surface area contributed by atoms with Gasteiger partial charge < -0.3 is 14.0 Å². The van der Waals surface area contributed by atoms with Gasteiger partial charge in [0.1, 0.15) is 5.82 Å². The number of benzene rings is 2. The molecule has 4 nitrogen and oxygen atoms in total. The summed E-state index contributed by atoms with van der Waals surface area (Å²) < 4.78 is 47.8. The molecule has 2 unspecified atom stereocenters. The van der Waals surface area contributed by atoms with Crippen LogP contribution in [0.25, 0.3) is 0 Å². The topological polar surface area (TPSA) is 62.5 Å². The van der Waals surface area contributed by atoms with E-state index >= 15 is 0 Å². The van der Waals surface area contributed by atoms with Gasteiger partial charge in [0, 0.05) is 40.9 Å². The Labute approximate surface area is 196 Å². The van der Waals surface area contributed by atoms with Gasteiger partial charge >= 0.3 is 0 Å². The van der Waals surface area contributed by atoms with Crippen molar-refractivity contribution in [3.05, 3.63) is 59.2 Å². The van der Waals surface area contributed by atoms with E-state index in [1.54, 1.807) is 36.0 Å². The van der Waals surface area contributed by atoms with Crippen molar-refractivity contribution in [3.63, 3.8) is 0 Å². The highest BCUT2D eigenvalue weighted by Gasteiger charge is 2.41. The number of rotatable bonds is 4. The standard InChI is InChI=1S/C15H18F2O2S.C7H5NOS.C2H2/c1-20-7-5-13-10-8-19-15-12(17)3-2-11(16)14(15)9(10)4-6-18-13;8-5-6-1-3-7(10-9)4-2-6;1-2/h2-3,9-10,13H,4-8H2,1H3;1-4,9H;1-2H/t9?,10?,13-;;/m0../s1. The Morgan fingerprint density at radius 1 is 1.16 bits per heavy atom. The first-order valence-electron chi connectivity index (χ1n) is 9.95. The van der Waals surface area contributed by atoms with Gasteiger partial charge in [-0.1, -0.05) is 0 Å². The Morgan fingerprint density at radius 2 is 1.84 bits per heavy atom. The van der Waals surface area contributed by atoms with Crippen molar-refractivity contribution in [1.82, 2.24) is 0 Å². The second kappa shape index (κ2) is 13.3. The fourth-order valence-electron chi connectivity index (χ4n) is 3.87. The number of fused-ring (bicyclic) bond motifs is 3. The van der Waals surface area contributed by atoms with E-state index in [2.05, 4.69) is 19.1 Å². The molecule has 2 aliphatic rings. The summed E-state index contributed by atoms with van der Waals surface area (Å²) in [6.07, 6.45) is 11.8. The molecule has 0 amide bonds. The molecule has 4 rings (SSSR count). The van der Waals surface area contributed by atoms with Crippen molar-refractivity contribution in [1.29, 1.82) is 5.26 Å². The van der Waals surface area contributed by atoms with E-state index in [9.17, 15) is 8.78 Å². The van der Waals surface area contributed by atoms with Crippen LogP contribution >= 0.6 is 23.8 Å². The minimum absolute atomic E-state index is 0.00931. The van der Waals surface area contributed by atoms with E-state index in [1.165, 1.54) is 6.07 Å². The number of terminal acetylenes is 1. The van der Waals surface area contributed by atoms with Crippen LogP contribution in [0.2, 0.25) is 0 Å². The van der Waals surface area contributed by atoms with Crippen molar-refractivity contribution < 1.29 is 22.8 Å². The Balaban J connectivity index is 0.000000255. The molecule has 0 aliphatic carbocycles. The maximum atomic E-state index is 14.1. The van der Waals surface area contributed by atoms with Gasteiger partial charge in [-0.25, -0.2) is 8.78 Å². The molecule has 0 bridgehead atoms. The Hall–Kier alpha value is -2.23. The molecule has 2 aliphatic heterocycles. The average molecular weight is 478 g/mol. The average Bonchev–Trinajstić information content (AvgIpc) is 2.86. The largest absolute Gasteiger partial charge is 0.490 e. The molecule has 2 heterocycles. The summed E-state index contributed by atoms with van der Waals surface area (Å²) in [5.74, 6) is 0.423. The van der Waals surface area contributed by atoms with Gasteiger partial charge in [0.15, 0.2) is 11.6 Å². The monoisotopic (exact) mass is 477 g/mol. The van der Waals surface area contributed by atoms with E-state index in [-0.39, 0.29) is 29.5 Å². The summed E-state index contributed by atoms with van der Waals surface area (Å²) in [5.41, 5.74) is 1.02. The lowest BCUT2D eigenvalue weighted by Crippen LogP contribution is -2.42. The van der Waals surface area contributed by atoms with Crippen LogP contribution < -0.4 is 4.74 Å². The minimum Gasteiger partial charge on any atom is -0.490 e. The normalized spacial score (nSPS) is 20.6. The van der Waals surface area contributed by atoms with Crippen LogP contribution in [0.15, 0.2) is 41.3 Å². The molecule has 2 aromatic carbocycles. The zero-order valence-corrected chi connectivity index (χ0v) is 19.3. The molecule has 0 radical (unpaired) electrons. The van der Waals surface area contributed by atoms with E-state index in [4.69, 9.17) is 19.3 Å². The first-order chi connectivity index (χ1) is 15.6. The molecule has 0 aromatic heterocycles. The Kier molecular flexibility index (Phi) is 10.9. The number of nitriles is 1. The molecule has 1 N–H and O–H groups in total. The minimum atomic E-state index is -0.466. The lowest BCUT2D eigenvalue weighted by Gasteiger charge is -2.42. The molecule has 0 saturated carbocycles. The summed E-state index contributed by atoms with van der Waals surface area (Å²) in [5, 5.41) is 8.38. The summed E-state index contributed by atoms with van der Waals surface area (Å²) in [7, 11) is 0. The molecule has 170 valence electrons. The first-order valence-corrected chi connectivity index (χ1v) is 12.1. The van der Waals surface area contributed by atoms with E-state index in [0.717, 1.165) is 29.6 Å². The van der Waals surface area contributed by atoms with Gasteiger partial charge in [-0.3, -0.25) is 0 Å². The van der Waals surface area contributed by atoms with Gasteiger partial charge in [0.05, 0.1) is 24.3 Å². The number of nitrogens with zero attached hydrogens (tertiary/aromatic N) is 1. The van der Waals surface area contributed by atoms with Crippen LogP contribution in [0.4, 0.5) is 8.78 Å². The summed E-state index contributed by atoms with van der Waals surface area (Å²) in [6.45, 7) is 1.02. The highest BCUT2D eigenvalue weighted by molar-refractivity contribution is 7.98. The van der Waals surface area contributed by atoms with Crippen molar-refractivity contribution in [2.45, 2.75) is 29.8 Å². The highest BCUT2D eigenvalue weighted by atomic mass is 32.2. The molecule has 0 spiro atoms. The van der Waals surface area contributed by atoms with Gasteiger partial charge in [0.2, 0.25) is 0 Å². The van der Waals surface area contributed by atoms with E-state index < -0.39 is 5.82 Å². The summed E-state index contributed by atoms with van der Waals surface area (Å²) in [6, 6.07) is 11.1. The molecule has 8 heteroatoms. The zero-order valence-electron chi connectivity index (χ0n) is 17.7. The second-order valence-electron chi connectivity index (χ2n) is 7.06. The lowest BCUT2D eigenvalue weighted by atomic mass is 9.76. The second-order valence-corrected chi connectivity index (χ2v) is 8.70. The maximum Gasteiger partial charge on any atom is 0.165 e. The predicted molar refractivity (Wildman–Crippen MR) is 125 cm³/mol.